The van der Waals surface area contributed by atoms with E-state index in [9.17, 15) is 14.9 Å². The highest BCUT2D eigenvalue weighted by Crippen LogP contribution is 2.23. The molecule has 0 atom stereocenters. The lowest BCUT2D eigenvalue weighted by Gasteiger charge is -2.22. The maximum atomic E-state index is 12.9. The van der Waals surface area contributed by atoms with Gasteiger partial charge in [-0.2, -0.15) is 0 Å². The third-order valence-corrected chi connectivity index (χ3v) is 5.11. The first-order valence-electron chi connectivity index (χ1n) is 9.56. The topological polar surface area (TPSA) is 80.8 Å². The van der Waals surface area contributed by atoms with E-state index in [0.29, 0.717) is 25.2 Å². The fourth-order valence-corrected chi connectivity index (χ4v) is 3.38. The Bertz CT molecular complexity index is 841. The Hall–Kier alpha value is -2.96. The minimum atomic E-state index is -0.423. The summed E-state index contributed by atoms with van der Waals surface area (Å²) in [7, 11) is 0. The normalized spacial score (nSPS) is 15.2. The van der Waals surface area contributed by atoms with Crippen molar-refractivity contribution >= 4 is 17.4 Å². The van der Waals surface area contributed by atoms with Gasteiger partial charge in [0.05, 0.1) is 18.0 Å². The van der Waals surface area contributed by atoms with Crippen molar-refractivity contribution < 1.29 is 14.7 Å². The molecule has 1 aliphatic heterocycles. The van der Waals surface area contributed by atoms with Gasteiger partial charge in [-0.3, -0.25) is 19.8 Å². The Morgan fingerprint density at radius 3 is 2.32 bits per heavy atom. The average molecular weight is 383 g/mol. The number of rotatable bonds is 3. The van der Waals surface area contributed by atoms with E-state index >= 15 is 0 Å². The molecule has 7 heteroatoms. The molecule has 1 fully saturated rings. The van der Waals surface area contributed by atoms with Gasteiger partial charge in [-0.15, -0.1) is 0 Å². The standard InChI is InChI=1S/C21H26N4O3/c1-21(2,3)17-7-5-16(6-8-17)20(26)24-12-4-11-23(13-14-24)19-10-9-18(15-22-19)25(27)28/h5-10,15H,4,11-14H2,1-3H3/p+1. The molecule has 0 spiro atoms. The van der Waals surface area contributed by atoms with Gasteiger partial charge in [-0.25, -0.2) is 4.98 Å². The van der Waals surface area contributed by atoms with E-state index in [-0.39, 0.29) is 17.0 Å². The molecule has 0 aliphatic carbocycles. The number of aromatic amines is 1. The smallest absolute Gasteiger partial charge is 0.308 e. The monoisotopic (exact) mass is 383 g/mol. The van der Waals surface area contributed by atoms with E-state index in [2.05, 4.69) is 30.7 Å². The van der Waals surface area contributed by atoms with Crippen LogP contribution in [0.15, 0.2) is 42.6 Å². The molecule has 1 amide bonds. The first-order valence-corrected chi connectivity index (χ1v) is 9.56. The number of benzene rings is 1. The number of pyridine rings is 1. The zero-order valence-corrected chi connectivity index (χ0v) is 16.6. The summed E-state index contributed by atoms with van der Waals surface area (Å²) in [6, 6.07) is 11.1. The molecule has 2 aromatic rings. The second kappa shape index (κ2) is 7.96. The summed E-state index contributed by atoms with van der Waals surface area (Å²) in [5, 5.41) is 10.8. The Kier molecular flexibility index (Phi) is 5.63. The zero-order chi connectivity index (χ0) is 20.3. The van der Waals surface area contributed by atoms with Crippen LogP contribution in [0.2, 0.25) is 0 Å². The van der Waals surface area contributed by atoms with E-state index in [0.717, 1.165) is 18.8 Å². The molecular weight excluding hydrogens is 356 g/mol. The molecule has 148 valence electrons. The van der Waals surface area contributed by atoms with Crippen molar-refractivity contribution in [2.24, 2.45) is 0 Å². The van der Waals surface area contributed by atoms with Gasteiger partial charge in [0.15, 0.2) is 6.20 Å². The van der Waals surface area contributed by atoms with Crippen molar-refractivity contribution in [3.05, 3.63) is 63.8 Å². The largest absolute Gasteiger partial charge is 0.335 e. The second-order valence-electron chi connectivity index (χ2n) is 8.15. The summed E-state index contributed by atoms with van der Waals surface area (Å²) in [4.78, 5) is 30.3. The minimum absolute atomic E-state index is 0.0362. The fourth-order valence-electron chi connectivity index (χ4n) is 3.38. The first-order chi connectivity index (χ1) is 13.3. The number of nitrogens with zero attached hydrogens (tertiary/aromatic N) is 3. The summed E-state index contributed by atoms with van der Waals surface area (Å²) in [5.41, 5.74) is 2.02. The summed E-state index contributed by atoms with van der Waals surface area (Å²) in [6.07, 6.45) is 2.25. The van der Waals surface area contributed by atoms with E-state index < -0.39 is 4.92 Å². The number of carbonyl (C=O) groups is 1. The molecule has 7 nitrogen and oxygen atoms in total. The molecule has 28 heavy (non-hydrogen) atoms. The van der Waals surface area contributed by atoms with Gasteiger partial charge in [0.2, 0.25) is 0 Å². The highest BCUT2D eigenvalue weighted by atomic mass is 16.6. The van der Waals surface area contributed by atoms with Crippen LogP contribution in [0.5, 0.6) is 0 Å². The summed E-state index contributed by atoms with van der Waals surface area (Å²) in [5.74, 6) is 0.879. The second-order valence-corrected chi connectivity index (χ2v) is 8.15. The van der Waals surface area contributed by atoms with Crippen molar-refractivity contribution in [2.75, 3.05) is 31.1 Å². The number of hydrogen-bond donors (Lipinski definition) is 0. The predicted molar refractivity (Wildman–Crippen MR) is 108 cm³/mol. The summed E-state index contributed by atoms with van der Waals surface area (Å²) < 4.78 is 0. The molecule has 0 saturated carbocycles. The molecule has 1 aromatic carbocycles. The Morgan fingerprint density at radius 1 is 1.04 bits per heavy atom. The fraction of sp³-hybridized carbons (Fsp3) is 0.429. The van der Waals surface area contributed by atoms with Gasteiger partial charge in [0, 0.05) is 30.7 Å². The number of carbonyl (C=O) groups excluding carboxylic acids is 1. The molecule has 1 aliphatic rings. The van der Waals surface area contributed by atoms with Crippen LogP contribution < -0.4 is 9.88 Å². The average Bonchev–Trinajstić information content (AvgIpc) is 2.93. The Balaban J connectivity index is 1.66. The zero-order valence-electron chi connectivity index (χ0n) is 16.6. The molecular formula is C21H27N4O3+. The lowest BCUT2D eigenvalue weighted by molar-refractivity contribution is -0.414. The molecule has 3 rings (SSSR count). The van der Waals surface area contributed by atoms with E-state index in [4.69, 9.17) is 0 Å². The van der Waals surface area contributed by atoms with Gasteiger partial charge in [0.25, 0.3) is 11.7 Å². The number of aromatic nitrogens is 1. The van der Waals surface area contributed by atoms with Crippen LogP contribution in [0.3, 0.4) is 0 Å². The quantitative estimate of drug-likeness (QED) is 0.603. The lowest BCUT2D eigenvalue weighted by atomic mass is 9.86. The number of hydrogen-bond acceptors (Lipinski definition) is 4. The Morgan fingerprint density at radius 2 is 1.75 bits per heavy atom. The van der Waals surface area contributed by atoms with Gasteiger partial charge in [-0.05, 0) is 23.1 Å². The number of anilines is 1. The molecule has 1 saturated heterocycles. The molecule has 2 heterocycles. The third kappa shape index (κ3) is 4.47. The van der Waals surface area contributed by atoms with Gasteiger partial charge in [-0.1, -0.05) is 32.9 Å². The minimum Gasteiger partial charge on any atom is -0.335 e. The van der Waals surface area contributed by atoms with Crippen molar-refractivity contribution in [1.29, 1.82) is 0 Å². The van der Waals surface area contributed by atoms with E-state index in [1.54, 1.807) is 6.07 Å². The van der Waals surface area contributed by atoms with Crippen molar-refractivity contribution in [1.82, 2.24) is 4.90 Å². The van der Waals surface area contributed by atoms with Crippen molar-refractivity contribution in [3.8, 4) is 0 Å². The van der Waals surface area contributed by atoms with Gasteiger partial charge in [0.1, 0.15) is 6.54 Å². The molecule has 1 aromatic heterocycles. The molecule has 0 radical (unpaired) electrons. The molecule has 0 bridgehead atoms. The number of amides is 1. The predicted octanol–water partition coefficient (Wildman–Crippen LogP) is 3.06. The third-order valence-electron chi connectivity index (χ3n) is 5.11. The number of nitro groups is 1. The number of nitrogens with one attached hydrogen (secondary N) is 1. The van der Waals surface area contributed by atoms with E-state index in [1.807, 2.05) is 29.2 Å². The van der Waals surface area contributed by atoms with Crippen LogP contribution in [0.25, 0.3) is 0 Å². The number of H-pyrrole nitrogens is 1. The Labute approximate surface area is 165 Å². The van der Waals surface area contributed by atoms with Gasteiger partial charge < -0.3 is 4.90 Å². The molecule has 0 unspecified atom stereocenters. The van der Waals surface area contributed by atoms with Crippen LogP contribution in [0.1, 0.15) is 43.1 Å². The van der Waals surface area contributed by atoms with Crippen LogP contribution in [0, 0.1) is 10.1 Å². The van der Waals surface area contributed by atoms with Crippen LogP contribution >= 0.6 is 0 Å². The maximum Gasteiger partial charge on any atom is 0.308 e. The van der Waals surface area contributed by atoms with Crippen molar-refractivity contribution in [3.63, 3.8) is 0 Å². The van der Waals surface area contributed by atoms with Crippen molar-refractivity contribution in [2.45, 2.75) is 32.6 Å². The first kappa shape index (κ1) is 19.8. The van der Waals surface area contributed by atoms with Crippen LogP contribution in [-0.4, -0.2) is 41.9 Å². The molecule has 1 N–H and O–H groups in total. The highest BCUT2D eigenvalue weighted by Gasteiger charge is 2.25. The van der Waals surface area contributed by atoms with Crippen LogP contribution in [-0.2, 0) is 5.41 Å². The summed E-state index contributed by atoms with van der Waals surface area (Å²) in [6.45, 7) is 9.25. The van der Waals surface area contributed by atoms with Crippen LogP contribution in [0.4, 0.5) is 11.5 Å². The summed E-state index contributed by atoms with van der Waals surface area (Å²) >= 11 is 0. The van der Waals surface area contributed by atoms with Gasteiger partial charge >= 0.3 is 5.69 Å². The maximum absolute atomic E-state index is 12.9. The highest BCUT2D eigenvalue weighted by molar-refractivity contribution is 5.94. The van der Waals surface area contributed by atoms with E-state index in [1.165, 1.54) is 17.8 Å². The lowest BCUT2D eigenvalue weighted by Crippen LogP contribution is -2.36. The SMILES string of the molecule is CC(C)(C)c1ccc(C(=O)N2CCCN(c3ccc([N+](=O)[O-])c[nH+]3)CC2)cc1.